The Kier molecular flexibility index (Phi) is 5.70. The van der Waals surface area contributed by atoms with Gasteiger partial charge in [0.15, 0.2) is 9.98 Å². The molecule has 1 aliphatic heterocycles. The number of benzene rings is 2. The van der Waals surface area contributed by atoms with Crippen molar-refractivity contribution in [2.24, 2.45) is 15.6 Å². The van der Waals surface area contributed by atoms with Crippen LogP contribution in [0.25, 0.3) is 22.5 Å². The van der Waals surface area contributed by atoms with Crippen molar-refractivity contribution < 1.29 is 0 Å². The van der Waals surface area contributed by atoms with Gasteiger partial charge in [0.2, 0.25) is 5.82 Å². The van der Waals surface area contributed by atoms with E-state index in [4.69, 9.17) is 29.4 Å². The maximum Gasteiger partial charge on any atom is 0.205 e. The molecule has 0 aliphatic carbocycles. The summed E-state index contributed by atoms with van der Waals surface area (Å²) in [5.74, 6) is 1.46. The molecule has 8 nitrogen and oxygen atoms in total. The summed E-state index contributed by atoms with van der Waals surface area (Å²) in [6, 6.07) is 16.3. The number of imidazole rings is 1. The minimum atomic E-state index is 0.0218. The number of nitrogens with zero attached hydrogens (tertiary/aromatic N) is 7. The standard InChI is InChI=1S/C24H22N8S2/c1-24(2,3)12-18-25-19-20(23(34)29-28-22(19)33)32(18)13-14-8-4-5-9-15(14)16-10-6-7-11-17(16)21-26-30-31-27-21/h4-11H,12-13H2,1-3H3,(H,26,27,30,31). The van der Waals surface area contributed by atoms with Crippen LogP contribution >= 0.6 is 24.4 Å². The summed E-state index contributed by atoms with van der Waals surface area (Å²) in [4.78, 5) is 5.64. The normalized spacial score (nSPS) is 13.4. The molecule has 0 saturated carbocycles. The van der Waals surface area contributed by atoms with E-state index in [-0.39, 0.29) is 5.41 Å². The third kappa shape index (κ3) is 4.22. The lowest BCUT2D eigenvalue weighted by Gasteiger charge is -2.21. The highest BCUT2D eigenvalue weighted by atomic mass is 32.1. The quantitative estimate of drug-likeness (QED) is 0.390. The molecular weight excluding hydrogens is 464 g/mol. The van der Waals surface area contributed by atoms with Gasteiger partial charge in [0.05, 0.1) is 6.54 Å². The molecule has 2 aromatic carbocycles. The Morgan fingerprint density at radius 3 is 2.26 bits per heavy atom. The zero-order valence-corrected chi connectivity index (χ0v) is 20.6. The van der Waals surface area contributed by atoms with Crippen molar-refractivity contribution >= 4 is 34.4 Å². The predicted molar refractivity (Wildman–Crippen MR) is 138 cm³/mol. The van der Waals surface area contributed by atoms with E-state index < -0.39 is 0 Å². The van der Waals surface area contributed by atoms with E-state index in [1.54, 1.807) is 0 Å². The van der Waals surface area contributed by atoms with Crippen LogP contribution in [0.15, 0.2) is 58.8 Å². The van der Waals surface area contributed by atoms with Crippen LogP contribution < -0.4 is 0 Å². The predicted octanol–water partition coefficient (Wildman–Crippen LogP) is 5.18. The van der Waals surface area contributed by atoms with Crippen LogP contribution in [0.4, 0.5) is 0 Å². The number of azo groups is 1. The summed E-state index contributed by atoms with van der Waals surface area (Å²) in [6.07, 6.45) is 0.757. The van der Waals surface area contributed by atoms with Gasteiger partial charge in [-0.25, -0.2) is 4.98 Å². The van der Waals surface area contributed by atoms with Gasteiger partial charge in [-0.2, -0.15) is 5.21 Å². The van der Waals surface area contributed by atoms with E-state index in [1.807, 2.05) is 30.3 Å². The SMILES string of the molecule is CC(C)(C)Cc1nc2c(n1Cc1ccccc1-c1ccccc1-c1nn[nH]n1)C(=S)N=NC2=S. The summed E-state index contributed by atoms with van der Waals surface area (Å²) >= 11 is 11.0. The minimum Gasteiger partial charge on any atom is -0.321 e. The average Bonchev–Trinajstić information content (AvgIpc) is 3.45. The Morgan fingerprint density at radius 2 is 1.56 bits per heavy atom. The van der Waals surface area contributed by atoms with Crippen LogP contribution in [0.2, 0.25) is 0 Å². The molecule has 170 valence electrons. The van der Waals surface area contributed by atoms with Crippen molar-refractivity contribution in [1.29, 1.82) is 0 Å². The average molecular weight is 487 g/mol. The molecule has 4 aromatic rings. The lowest BCUT2D eigenvalue weighted by Crippen LogP contribution is -2.18. The molecule has 3 heterocycles. The Bertz CT molecular complexity index is 1430. The number of nitrogens with one attached hydrogen (secondary N) is 1. The smallest absolute Gasteiger partial charge is 0.205 e. The molecule has 1 N–H and O–H groups in total. The van der Waals surface area contributed by atoms with E-state index in [0.717, 1.165) is 40.2 Å². The number of aromatic amines is 1. The highest BCUT2D eigenvalue weighted by Gasteiger charge is 2.29. The van der Waals surface area contributed by atoms with Gasteiger partial charge in [-0.3, -0.25) is 0 Å². The van der Waals surface area contributed by atoms with Crippen LogP contribution in [0.1, 0.15) is 43.5 Å². The molecule has 0 bridgehead atoms. The molecule has 0 unspecified atom stereocenters. The Hall–Kier alpha value is -3.50. The fourth-order valence-corrected chi connectivity index (χ4v) is 4.54. The summed E-state index contributed by atoms with van der Waals surface area (Å²) in [5, 5.41) is 22.8. The first kappa shape index (κ1) is 22.3. The molecule has 0 saturated heterocycles. The van der Waals surface area contributed by atoms with E-state index in [1.165, 1.54) is 0 Å². The Labute approximate surface area is 207 Å². The third-order valence-electron chi connectivity index (χ3n) is 5.52. The summed E-state index contributed by atoms with van der Waals surface area (Å²) < 4.78 is 2.14. The van der Waals surface area contributed by atoms with Crippen LogP contribution in [0.3, 0.4) is 0 Å². The van der Waals surface area contributed by atoms with E-state index >= 15 is 0 Å². The molecule has 1 aliphatic rings. The van der Waals surface area contributed by atoms with E-state index in [2.05, 4.69) is 74.4 Å². The Morgan fingerprint density at radius 1 is 0.882 bits per heavy atom. The number of aromatic nitrogens is 6. The largest absolute Gasteiger partial charge is 0.321 e. The number of tetrazole rings is 1. The zero-order valence-electron chi connectivity index (χ0n) is 19.0. The van der Waals surface area contributed by atoms with Crippen LogP contribution in [0.5, 0.6) is 0 Å². The van der Waals surface area contributed by atoms with Gasteiger partial charge >= 0.3 is 0 Å². The van der Waals surface area contributed by atoms with Gasteiger partial charge in [0, 0.05) is 12.0 Å². The van der Waals surface area contributed by atoms with Crippen molar-refractivity contribution in [3.05, 3.63) is 71.3 Å². The number of H-pyrrole nitrogens is 1. The molecule has 0 spiro atoms. The molecule has 10 heteroatoms. The van der Waals surface area contributed by atoms with Crippen LogP contribution in [-0.4, -0.2) is 40.2 Å². The fourth-order valence-electron chi connectivity index (χ4n) is 4.11. The molecule has 34 heavy (non-hydrogen) atoms. The highest BCUT2D eigenvalue weighted by molar-refractivity contribution is 7.81. The second-order valence-electron chi connectivity index (χ2n) is 9.30. The topological polar surface area (TPSA) is 97.0 Å². The molecule has 2 aromatic heterocycles. The van der Waals surface area contributed by atoms with Crippen molar-refractivity contribution in [2.75, 3.05) is 0 Å². The first-order valence-electron chi connectivity index (χ1n) is 10.8. The van der Waals surface area contributed by atoms with Gasteiger partial charge in [0.25, 0.3) is 0 Å². The van der Waals surface area contributed by atoms with Crippen molar-refractivity contribution in [3.63, 3.8) is 0 Å². The molecule has 0 amide bonds. The molecule has 0 atom stereocenters. The fraction of sp³-hybridized carbons (Fsp3) is 0.250. The van der Waals surface area contributed by atoms with Crippen molar-refractivity contribution in [2.45, 2.75) is 33.7 Å². The number of thiocarbonyl (C=S) groups is 2. The van der Waals surface area contributed by atoms with Crippen molar-refractivity contribution in [1.82, 2.24) is 30.2 Å². The monoisotopic (exact) mass is 486 g/mol. The summed E-state index contributed by atoms with van der Waals surface area (Å²) in [6.45, 7) is 7.12. The third-order valence-corrected chi connectivity index (χ3v) is 6.07. The minimum absolute atomic E-state index is 0.0218. The van der Waals surface area contributed by atoms with Crippen LogP contribution in [-0.2, 0) is 13.0 Å². The van der Waals surface area contributed by atoms with E-state index in [0.29, 0.717) is 28.0 Å². The first-order valence-corrected chi connectivity index (χ1v) is 11.6. The molecule has 0 radical (unpaired) electrons. The van der Waals surface area contributed by atoms with Crippen LogP contribution in [0, 0.1) is 5.41 Å². The second kappa shape index (κ2) is 8.69. The molecule has 0 fully saturated rings. The maximum absolute atomic E-state index is 5.57. The van der Waals surface area contributed by atoms with Gasteiger partial charge in [-0.15, -0.1) is 20.4 Å². The van der Waals surface area contributed by atoms with Gasteiger partial charge in [-0.1, -0.05) is 93.7 Å². The summed E-state index contributed by atoms with van der Waals surface area (Å²) in [7, 11) is 0. The Balaban J connectivity index is 1.65. The molecule has 5 rings (SSSR count). The van der Waals surface area contributed by atoms with E-state index in [9.17, 15) is 0 Å². The summed E-state index contributed by atoms with van der Waals surface area (Å²) in [5.41, 5.74) is 5.51. The molecular formula is C24H22N8S2. The maximum atomic E-state index is 5.57. The lowest BCUT2D eigenvalue weighted by atomic mass is 9.91. The van der Waals surface area contributed by atoms with Gasteiger partial charge < -0.3 is 4.57 Å². The number of rotatable bonds is 5. The number of hydrogen-bond acceptors (Lipinski definition) is 6. The highest BCUT2D eigenvalue weighted by Crippen LogP contribution is 2.34. The first-order chi connectivity index (χ1) is 16.3. The number of fused-ring (bicyclic) bond motifs is 1. The van der Waals surface area contributed by atoms with Crippen molar-refractivity contribution in [3.8, 4) is 22.5 Å². The van der Waals surface area contributed by atoms with Gasteiger partial charge in [-0.05, 0) is 27.3 Å². The van der Waals surface area contributed by atoms with Gasteiger partial charge in [0.1, 0.15) is 17.2 Å². The second-order valence-corrected chi connectivity index (χ2v) is 10.1. The lowest BCUT2D eigenvalue weighted by molar-refractivity contribution is 0.393. The zero-order chi connectivity index (χ0) is 23.9. The number of hydrogen-bond donors (Lipinski definition) is 1.